The van der Waals surface area contributed by atoms with Crippen molar-refractivity contribution in [1.82, 2.24) is 5.32 Å². The van der Waals surface area contributed by atoms with Gasteiger partial charge < -0.3 is 25.2 Å². The van der Waals surface area contributed by atoms with Gasteiger partial charge in [0.15, 0.2) is 0 Å². The molecule has 3 N–H and O–H groups in total. The third kappa shape index (κ3) is 5.70. The van der Waals surface area contributed by atoms with E-state index in [9.17, 15) is 14.7 Å². The van der Waals surface area contributed by atoms with E-state index in [2.05, 4.69) is 10.6 Å². The summed E-state index contributed by atoms with van der Waals surface area (Å²) in [4.78, 5) is 24.1. The fourth-order valence-electron chi connectivity index (χ4n) is 2.73. The molecule has 0 radical (unpaired) electrons. The first-order chi connectivity index (χ1) is 13.1. The Hall–Kier alpha value is -2.58. The second-order valence-electron chi connectivity index (χ2n) is 6.18. The molecule has 0 bridgehead atoms. The Morgan fingerprint density at radius 3 is 2.78 bits per heavy atom. The van der Waals surface area contributed by atoms with Crippen molar-refractivity contribution in [3.8, 4) is 0 Å². The maximum Gasteiger partial charge on any atom is 0.407 e. The number of alkyl carbamates (subject to hydrolysis) is 1. The van der Waals surface area contributed by atoms with Crippen molar-refractivity contribution >= 4 is 28.4 Å². The second-order valence-corrected chi connectivity index (χ2v) is 7.31. The lowest BCUT2D eigenvalue weighted by atomic mass is 10.2. The van der Waals surface area contributed by atoms with Crippen molar-refractivity contribution in [1.29, 1.82) is 0 Å². The third-order valence-corrected chi connectivity index (χ3v) is 5.17. The fourth-order valence-corrected chi connectivity index (χ4v) is 3.76. The second kappa shape index (κ2) is 9.38. The first kappa shape index (κ1) is 19.2. The number of thiophene rings is 1. The Morgan fingerprint density at radius 1 is 1.26 bits per heavy atom. The molecule has 27 heavy (non-hydrogen) atoms. The highest BCUT2D eigenvalue weighted by molar-refractivity contribution is 7.16. The van der Waals surface area contributed by atoms with Crippen LogP contribution in [0.25, 0.3) is 0 Å². The van der Waals surface area contributed by atoms with E-state index < -0.39 is 12.1 Å². The molecule has 7 nitrogen and oxygen atoms in total. The van der Waals surface area contributed by atoms with Crippen LogP contribution < -0.4 is 10.6 Å². The summed E-state index contributed by atoms with van der Waals surface area (Å²) in [5.74, 6) is -1.01. The SMILES string of the molecule is O=C(NCc1cc(C(=O)O)c(NC2CCCCO2)s1)OCc1ccccc1. The molecule has 1 saturated heterocycles. The van der Waals surface area contributed by atoms with E-state index in [0.717, 1.165) is 29.7 Å². The van der Waals surface area contributed by atoms with Crippen LogP contribution in [0.15, 0.2) is 36.4 Å². The van der Waals surface area contributed by atoms with E-state index >= 15 is 0 Å². The standard InChI is InChI=1S/C19H22N2O5S/c22-18(23)15-10-14(27-17(15)21-16-8-4-5-9-25-16)11-20-19(24)26-12-13-6-2-1-3-7-13/h1-3,6-7,10,16,21H,4-5,8-9,11-12H2,(H,20,24)(H,22,23). The highest BCUT2D eigenvalue weighted by Gasteiger charge is 2.20. The number of hydrogen-bond donors (Lipinski definition) is 3. The minimum atomic E-state index is -1.01. The first-order valence-electron chi connectivity index (χ1n) is 8.80. The molecule has 1 aliphatic rings. The van der Waals surface area contributed by atoms with Gasteiger partial charge in [-0.15, -0.1) is 11.3 Å². The van der Waals surface area contributed by atoms with Crippen LogP contribution in [0.3, 0.4) is 0 Å². The molecular formula is C19H22N2O5S. The molecule has 2 aromatic rings. The van der Waals surface area contributed by atoms with Crippen molar-refractivity contribution in [3.63, 3.8) is 0 Å². The monoisotopic (exact) mass is 390 g/mol. The van der Waals surface area contributed by atoms with Gasteiger partial charge >= 0.3 is 12.1 Å². The van der Waals surface area contributed by atoms with Crippen molar-refractivity contribution < 1.29 is 24.2 Å². The minimum absolute atomic E-state index is 0.174. The molecule has 1 aliphatic heterocycles. The normalized spacial score (nSPS) is 16.5. The number of ether oxygens (including phenoxy) is 2. The van der Waals surface area contributed by atoms with E-state index in [1.54, 1.807) is 6.07 Å². The lowest BCUT2D eigenvalue weighted by Crippen LogP contribution is -2.27. The van der Waals surface area contributed by atoms with Crippen LogP contribution >= 0.6 is 11.3 Å². The summed E-state index contributed by atoms with van der Waals surface area (Å²) in [6.07, 6.45) is 2.19. The highest BCUT2D eigenvalue weighted by Crippen LogP contribution is 2.30. The number of carbonyl (C=O) groups is 2. The Morgan fingerprint density at radius 2 is 2.07 bits per heavy atom. The number of nitrogens with one attached hydrogen (secondary N) is 2. The molecule has 1 aromatic carbocycles. The van der Waals surface area contributed by atoms with Crippen LogP contribution in [0, 0.1) is 0 Å². The number of carbonyl (C=O) groups excluding carboxylic acids is 1. The van der Waals surface area contributed by atoms with E-state index in [4.69, 9.17) is 9.47 Å². The smallest absolute Gasteiger partial charge is 0.407 e. The lowest BCUT2D eigenvalue weighted by Gasteiger charge is -2.23. The van der Waals surface area contributed by atoms with Gasteiger partial charge in [0.2, 0.25) is 0 Å². The lowest BCUT2D eigenvalue weighted by molar-refractivity contribution is 0.0344. The van der Waals surface area contributed by atoms with Gasteiger partial charge in [-0.25, -0.2) is 9.59 Å². The van der Waals surface area contributed by atoms with Gasteiger partial charge in [0, 0.05) is 11.5 Å². The number of hydrogen-bond acceptors (Lipinski definition) is 6. The predicted molar refractivity (Wildman–Crippen MR) is 102 cm³/mol. The predicted octanol–water partition coefficient (Wildman–Crippen LogP) is 3.81. The van der Waals surface area contributed by atoms with Gasteiger partial charge in [0.1, 0.15) is 17.8 Å². The molecule has 3 rings (SSSR count). The number of amides is 1. The number of benzene rings is 1. The molecule has 0 spiro atoms. The molecule has 1 atom stereocenters. The number of anilines is 1. The van der Waals surface area contributed by atoms with Crippen LogP contribution in [0.5, 0.6) is 0 Å². The maximum absolute atomic E-state index is 11.9. The van der Waals surface area contributed by atoms with E-state index in [1.807, 2.05) is 30.3 Å². The average molecular weight is 390 g/mol. The molecule has 1 amide bonds. The van der Waals surface area contributed by atoms with Gasteiger partial charge in [-0.2, -0.15) is 0 Å². The molecule has 0 aliphatic carbocycles. The number of carboxylic acid groups (broad SMARTS) is 1. The third-order valence-electron chi connectivity index (χ3n) is 4.10. The summed E-state index contributed by atoms with van der Waals surface area (Å²) in [5.41, 5.74) is 1.08. The number of aromatic carboxylic acids is 1. The van der Waals surface area contributed by atoms with E-state index in [1.165, 1.54) is 11.3 Å². The van der Waals surface area contributed by atoms with Gasteiger partial charge in [-0.3, -0.25) is 0 Å². The van der Waals surface area contributed by atoms with Gasteiger partial charge in [0.25, 0.3) is 0 Å². The summed E-state index contributed by atoms with van der Waals surface area (Å²) in [5, 5.41) is 15.8. The highest BCUT2D eigenvalue weighted by atomic mass is 32.1. The van der Waals surface area contributed by atoms with Gasteiger partial charge in [-0.1, -0.05) is 30.3 Å². The number of carboxylic acids is 1. The molecule has 1 aromatic heterocycles. The summed E-state index contributed by atoms with van der Waals surface area (Å²) >= 11 is 1.30. The van der Waals surface area contributed by atoms with E-state index in [-0.39, 0.29) is 24.9 Å². The topological polar surface area (TPSA) is 96.9 Å². The Balaban J connectivity index is 1.53. The summed E-state index contributed by atoms with van der Waals surface area (Å²) < 4.78 is 10.8. The Labute approximate surface area is 161 Å². The van der Waals surface area contributed by atoms with Crippen molar-refractivity contribution in [2.24, 2.45) is 0 Å². The zero-order valence-electron chi connectivity index (χ0n) is 14.8. The van der Waals surface area contributed by atoms with Gasteiger partial charge in [0.05, 0.1) is 12.1 Å². The van der Waals surface area contributed by atoms with Gasteiger partial charge in [-0.05, 0) is 30.9 Å². The molecule has 8 heteroatoms. The molecule has 1 fully saturated rings. The fraction of sp³-hybridized carbons (Fsp3) is 0.368. The molecular weight excluding hydrogens is 368 g/mol. The zero-order chi connectivity index (χ0) is 19.1. The summed E-state index contributed by atoms with van der Waals surface area (Å²) in [6.45, 7) is 1.06. The van der Waals surface area contributed by atoms with Crippen molar-refractivity contribution in [2.75, 3.05) is 11.9 Å². The minimum Gasteiger partial charge on any atom is -0.478 e. The van der Waals surface area contributed by atoms with E-state index in [0.29, 0.717) is 11.6 Å². The first-order valence-corrected chi connectivity index (χ1v) is 9.62. The molecule has 0 saturated carbocycles. The average Bonchev–Trinajstić information content (AvgIpc) is 3.09. The number of rotatable bonds is 7. The summed E-state index contributed by atoms with van der Waals surface area (Å²) in [6, 6.07) is 11.0. The molecule has 144 valence electrons. The van der Waals surface area contributed by atoms with Crippen LogP contribution in [-0.2, 0) is 22.6 Å². The molecule has 1 unspecified atom stereocenters. The van der Waals surface area contributed by atoms with Crippen LogP contribution in [-0.4, -0.2) is 30.0 Å². The largest absolute Gasteiger partial charge is 0.478 e. The van der Waals surface area contributed by atoms with Crippen LogP contribution in [0.2, 0.25) is 0 Å². The quantitative estimate of drug-likeness (QED) is 0.665. The maximum atomic E-state index is 11.9. The van der Waals surface area contributed by atoms with Crippen molar-refractivity contribution in [3.05, 3.63) is 52.4 Å². The van der Waals surface area contributed by atoms with Crippen LogP contribution in [0.4, 0.5) is 9.80 Å². The van der Waals surface area contributed by atoms with Crippen molar-refractivity contribution in [2.45, 2.75) is 38.6 Å². The molecule has 2 heterocycles. The Bertz CT molecular complexity index is 772. The van der Waals surface area contributed by atoms with Crippen LogP contribution in [0.1, 0.15) is 40.1 Å². The summed E-state index contributed by atoms with van der Waals surface area (Å²) in [7, 11) is 0. The Kier molecular flexibility index (Phi) is 6.67. The zero-order valence-corrected chi connectivity index (χ0v) is 15.6.